The van der Waals surface area contributed by atoms with Gasteiger partial charge in [0.05, 0.1) is 11.5 Å². The van der Waals surface area contributed by atoms with E-state index in [2.05, 4.69) is 4.90 Å². The second kappa shape index (κ2) is 8.58. The van der Waals surface area contributed by atoms with E-state index in [4.69, 9.17) is 9.84 Å². The van der Waals surface area contributed by atoms with Crippen LogP contribution in [0.4, 0.5) is 17.6 Å². The fourth-order valence-corrected chi connectivity index (χ4v) is 4.28. The third kappa shape index (κ3) is 4.80. The summed E-state index contributed by atoms with van der Waals surface area (Å²) in [6, 6.07) is 7.98. The van der Waals surface area contributed by atoms with Gasteiger partial charge in [0.1, 0.15) is 18.2 Å². The SMILES string of the molecule is CC1=C(CN2CC(C(=O)O)C2)CCc2cc(OCc3cc(F)cc(C(F)(F)F)c3)ccc21. The van der Waals surface area contributed by atoms with Crippen LogP contribution in [-0.2, 0) is 24.0 Å². The first-order valence-corrected chi connectivity index (χ1v) is 10.4. The van der Waals surface area contributed by atoms with Gasteiger partial charge in [0.15, 0.2) is 0 Å². The fraction of sp³-hybridized carbons (Fsp3) is 0.375. The van der Waals surface area contributed by atoms with Crippen molar-refractivity contribution in [3.05, 3.63) is 70.0 Å². The lowest BCUT2D eigenvalue weighted by Gasteiger charge is -2.38. The van der Waals surface area contributed by atoms with Gasteiger partial charge < -0.3 is 9.84 Å². The minimum Gasteiger partial charge on any atom is -0.489 e. The normalized spacial score (nSPS) is 17.2. The topological polar surface area (TPSA) is 49.8 Å². The van der Waals surface area contributed by atoms with Crippen LogP contribution in [0.25, 0.3) is 5.57 Å². The molecule has 4 nitrogen and oxygen atoms in total. The van der Waals surface area contributed by atoms with E-state index in [1.54, 1.807) is 6.07 Å². The minimum atomic E-state index is -4.62. The largest absolute Gasteiger partial charge is 0.489 e. The average Bonchev–Trinajstić information content (AvgIpc) is 2.69. The summed E-state index contributed by atoms with van der Waals surface area (Å²) in [4.78, 5) is 13.1. The number of aryl methyl sites for hydroxylation is 1. The van der Waals surface area contributed by atoms with E-state index in [1.165, 1.54) is 5.57 Å². The Hall–Kier alpha value is -2.87. The number of halogens is 4. The van der Waals surface area contributed by atoms with Crippen LogP contribution in [0, 0.1) is 11.7 Å². The molecule has 32 heavy (non-hydrogen) atoms. The molecule has 0 unspecified atom stereocenters. The van der Waals surface area contributed by atoms with Crippen LogP contribution in [0.2, 0.25) is 0 Å². The molecule has 0 bridgehead atoms. The van der Waals surface area contributed by atoms with Gasteiger partial charge >= 0.3 is 12.1 Å². The van der Waals surface area contributed by atoms with Crippen molar-refractivity contribution in [2.45, 2.75) is 32.5 Å². The van der Waals surface area contributed by atoms with Crippen molar-refractivity contribution >= 4 is 11.5 Å². The lowest BCUT2D eigenvalue weighted by molar-refractivity contribution is -0.147. The number of likely N-dealkylation sites (tertiary alicyclic amines) is 1. The Morgan fingerprint density at radius 2 is 1.91 bits per heavy atom. The number of aliphatic carboxylic acids is 1. The van der Waals surface area contributed by atoms with Crippen LogP contribution in [0.1, 0.15) is 35.6 Å². The van der Waals surface area contributed by atoms with Crippen molar-refractivity contribution in [2.24, 2.45) is 5.92 Å². The van der Waals surface area contributed by atoms with Crippen molar-refractivity contribution in [3.63, 3.8) is 0 Å². The maximum atomic E-state index is 13.6. The van der Waals surface area contributed by atoms with Gasteiger partial charge in [0.2, 0.25) is 0 Å². The summed E-state index contributed by atoms with van der Waals surface area (Å²) in [5.41, 5.74) is 3.71. The van der Waals surface area contributed by atoms with E-state index < -0.39 is 23.5 Å². The molecule has 1 heterocycles. The summed E-state index contributed by atoms with van der Waals surface area (Å²) in [7, 11) is 0. The van der Waals surface area contributed by atoms with Crippen molar-refractivity contribution in [3.8, 4) is 5.75 Å². The van der Waals surface area contributed by atoms with Crippen LogP contribution in [-0.4, -0.2) is 35.6 Å². The Balaban J connectivity index is 1.43. The molecule has 8 heteroatoms. The number of hydrogen-bond donors (Lipinski definition) is 1. The molecule has 1 N–H and O–H groups in total. The van der Waals surface area contributed by atoms with Gasteiger partial charge in [0.25, 0.3) is 0 Å². The predicted molar refractivity (Wildman–Crippen MR) is 111 cm³/mol. The van der Waals surface area contributed by atoms with Crippen molar-refractivity contribution in [2.75, 3.05) is 19.6 Å². The Morgan fingerprint density at radius 3 is 2.59 bits per heavy atom. The van der Waals surface area contributed by atoms with Gasteiger partial charge in [-0.3, -0.25) is 9.69 Å². The van der Waals surface area contributed by atoms with E-state index in [1.807, 2.05) is 19.1 Å². The van der Waals surface area contributed by atoms with E-state index in [0.29, 0.717) is 24.9 Å². The zero-order chi connectivity index (χ0) is 23.0. The summed E-state index contributed by atoms with van der Waals surface area (Å²) >= 11 is 0. The first-order chi connectivity index (χ1) is 15.1. The van der Waals surface area contributed by atoms with Crippen molar-refractivity contribution < 1.29 is 32.2 Å². The van der Waals surface area contributed by atoms with Gasteiger partial charge in [-0.2, -0.15) is 13.2 Å². The molecule has 170 valence electrons. The molecule has 1 aliphatic carbocycles. The number of rotatable bonds is 6. The lowest BCUT2D eigenvalue weighted by atomic mass is 9.85. The first kappa shape index (κ1) is 22.3. The molecule has 0 radical (unpaired) electrons. The number of nitrogens with zero attached hydrogens (tertiary/aromatic N) is 1. The van der Waals surface area contributed by atoms with Gasteiger partial charge in [-0.25, -0.2) is 4.39 Å². The summed E-state index contributed by atoms with van der Waals surface area (Å²) in [6.07, 6.45) is -2.96. The van der Waals surface area contributed by atoms with Crippen LogP contribution in [0.5, 0.6) is 5.75 Å². The fourth-order valence-electron chi connectivity index (χ4n) is 4.28. The molecular weight excluding hydrogens is 426 g/mol. The van der Waals surface area contributed by atoms with E-state index in [-0.39, 0.29) is 18.1 Å². The van der Waals surface area contributed by atoms with Gasteiger partial charge in [-0.1, -0.05) is 11.6 Å². The van der Waals surface area contributed by atoms with Crippen LogP contribution in [0.15, 0.2) is 42.0 Å². The zero-order valence-corrected chi connectivity index (χ0v) is 17.5. The molecule has 4 rings (SSSR count). The number of alkyl halides is 3. The molecule has 0 saturated carbocycles. The van der Waals surface area contributed by atoms with Crippen LogP contribution >= 0.6 is 0 Å². The molecule has 2 aliphatic rings. The Bertz CT molecular complexity index is 1070. The highest BCUT2D eigenvalue weighted by molar-refractivity contribution is 5.73. The number of carbonyl (C=O) groups is 1. The molecule has 2 aromatic rings. The summed E-state index contributed by atoms with van der Waals surface area (Å²) in [6.45, 7) is 3.78. The average molecular weight is 449 g/mol. The highest BCUT2D eigenvalue weighted by atomic mass is 19.4. The number of benzene rings is 2. The van der Waals surface area contributed by atoms with Crippen LogP contribution < -0.4 is 4.74 Å². The van der Waals surface area contributed by atoms with Crippen molar-refractivity contribution in [1.82, 2.24) is 4.90 Å². The first-order valence-electron chi connectivity index (χ1n) is 10.4. The second-order valence-electron chi connectivity index (χ2n) is 8.41. The number of allylic oxidation sites excluding steroid dienone is 1. The monoisotopic (exact) mass is 449 g/mol. The Kier molecular flexibility index (Phi) is 5.99. The molecule has 1 fully saturated rings. The highest BCUT2D eigenvalue weighted by Crippen LogP contribution is 2.35. The molecule has 1 aliphatic heterocycles. The van der Waals surface area contributed by atoms with E-state index >= 15 is 0 Å². The molecule has 0 spiro atoms. The number of carboxylic acids is 1. The third-order valence-corrected chi connectivity index (χ3v) is 6.12. The summed E-state index contributed by atoms with van der Waals surface area (Å²) in [5.74, 6) is -1.46. The molecule has 0 atom stereocenters. The maximum absolute atomic E-state index is 13.6. The smallest absolute Gasteiger partial charge is 0.416 e. The highest BCUT2D eigenvalue weighted by Gasteiger charge is 2.33. The van der Waals surface area contributed by atoms with Crippen molar-refractivity contribution in [1.29, 1.82) is 0 Å². The number of hydrogen-bond acceptors (Lipinski definition) is 3. The third-order valence-electron chi connectivity index (χ3n) is 6.12. The van der Waals surface area contributed by atoms with Gasteiger partial charge in [-0.05, 0) is 72.4 Å². The predicted octanol–water partition coefficient (Wildman–Crippen LogP) is 5.16. The molecule has 1 saturated heterocycles. The lowest BCUT2D eigenvalue weighted by Crippen LogP contribution is -2.50. The van der Waals surface area contributed by atoms with Gasteiger partial charge in [0, 0.05) is 19.6 Å². The standard InChI is InChI=1S/C24H23F4NO3/c1-14-17(10-29-11-18(12-29)23(30)31)3-2-16-8-21(4-5-22(14)16)32-13-15-6-19(24(26,27)28)9-20(25)7-15/h4-9,18H,2-3,10-13H2,1H3,(H,30,31). The van der Waals surface area contributed by atoms with E-state index in [9.17, 15) is 22.4 Å². The number of carboxylic acid groups (broad SMARTS) is 1. The van der Waals surface area contributed by atoms with Gasteiger partial charge in [-0.15, -0.1) is 0 Å². The number of ether oxygens (including phenoxy) is 1. The molecule has 0 aromatic heterocycles. The summed E-state index contributed by atoms with van der Waals surface area (Å²) in [5, 5.41) is 9.03. The number of fused-ring (bicyclic) bond motifs is 1. The molecule has 2 aromatic carbocycles. The Labute approximate surface area is 183 Å². The maximum Gasteiger partial charge on any atom is 0.416 e. The quantitative estimate of drug-likeness (QED) is 0.619. The molecular formula is C24H23F4NO3. The minimum absolute atomic E-state index is 0.114. The Morgan fingerprint density at radius 1 is 1.16 bits per heavy atom. The van der Waals surface area contributed by atoms with E-state index in [0.717, 1.165) is 48.2 Å². The second-order valence-corrected chi connectivity index (χ2v) is 8.41. The van der Waals surface area contributed by atoms with Crippen LogP contribution in [0.3, 0.4) is 0 Å². The summed E-state index contributed by atoms with van der Waals surface area (Å²) < 4.78 is 57.9. The molecule has 0 amide bonds. The zero-order valence-electron chi connectivity index (χ0n) is 17.5.